The second-order valence-corrected chi connectivity index (χ2v) is 10.3. The summed E-state index contributed by atoms with van der Waals surface area (Å²) in [6.07, 6.45) is 2.64. The zero-order valence-electron chi connectivity index (χ0n) is 14.3. The average molecular weight is 385 g/mol. The van der Waals surface area contributed by atoms with Gasteiger partial charge in [0.05, 0.1) is 0 Å². The molecule has 5 heteroatoms. The van der Waals surface area contributed by atoms with Crippen LogP contribution in [0.5, 0.6) is 11.5 Å². The molecule has 2 fully saturated rings. The summed E-state index contributed by atoms with van der Waals surface area (Å²) < 4.78 is 24.6. The Balaban J connectivity index is 1.90. The Hall–Kier alpha value is -0.901. The molecule has 23 heavy (non-hydrogen) atoms. The van der Waals surface area contributed by atoms with E-state index in [1.807, 2.05) is 12.1 Å². The number of fused-ring (bicyclic) bond motifs is 2. The van der Waals surface area contributed by atoms with Gasteiger partial charge in [-0.15, -0.1) is 0 Å². The van der Waals surface area contributed by atoms with Crippen LogP contribution in [0.4, 0.5) is 0 Å². The zero-order chi connectivity index (χ0) is 16.8. The van der Waals surface area contributed by atoms with E-state index < -0.39 is 13.8 Å². The van der Waals surface area contributed by atoms with E-state index in [1.54, 1.807) is 20.3 Å². The maximum absolute atomic E-state index is 13.2. The SMILES string of the molecule is COc1ccc([Se](=O)C[C@]23CC[C@H](C[C@H]2O)C3(C)C)c(OC)c1. The molecule has 0 amide bonds. The van der Waals surface area contributed by atoms with E-state index in [9.17, 15) is 8.94 Å². The summed E-state index contributed by atoms with van der Waals surface area (Å²) in [5.41, 5.74) is -0.159. The first-order chi connectivity index (χ1) is 10.9. The summed E-state index contributed by atoms with van der Waals surface area (Å²) in [6, 6.07) is 5.47. The second kappa shape index (κ2) is 5.87. The van der Waals surface area contributed by atoms with E-state index in [-0.39, 0.29) is 16.9 Å². The van der Waals surface area contributed by atoms with E-state index >= 15 is 0 Å². The van der Waals surface area contributed by atoms with Crippen molar-refractivity contribution in [1.29, 1.82) is 0 Å². The van der Waals surface area contributed by atoms with Crippen LogP contribution in [-0.4, -0.2) is 39.3 Å². The topological polar surface area (TPSA) is 55.8 Å². The third-order valence-electron chi connectivity index (χ3n) is 6.39. The van der Waals surface area contributed by atoms with Crippen molar-refractivity contribution >= 4 is 18.3 Å². The number of rotatable bonds is 5. The molecule has 128 valence electrons. The molecule has 0 heterocycles. The number of aliphatic hydroxyl groups excluding tert-OH is 1. The van der Waals surface area contributed by atoms with E-state index in [2.05, 4.69) is 13.8 Å². The van der Waals surface area contributed by atoms with Crippen molar-refractivity contribution in [3.8, 4) is 11.5 Å². The number of hydrogen-bond donors (Lipinski definition) is 1. The molecule has 3 rings (SSSR count). The van der Waals surface area contributed by atoms with Crippen molar-refractivity contribution in [2.45, 2.75) is 44.5 Å². The van der Waals surface area contributed by atoms with Gasteiger partial charge < -0.3 is 0 Å². The Labute approximate surface area is 142 Å². The summed E-state index contributed by atoms with van der Waals surface area (Å²) in [7, 11) is 3.20. The van der Waals surface area contributed by atoms with Gasteiger partial charge in [0.1, 0.15) is 0 Å². The van der Waals surface area contributed by atoms with Crippen molar-refractivity contribution in [3.05, 3.63) is 18.2 Å². The molecule has 0 radical (unpaired) electrons. The van der Waals surface area contributed by atoms with Crippen molar-refractivity contribution in [2.24, 2.45) is 16.7 Å². The summed E-state index contributed by atoms with van der Waals surface area (Å²) in [4.78, 5) is 0. The van der Waals surface area contributed by atoms with E-state index in [1.165, 1.54) is 0 Å². The van der Waals surface area contributed by atoms with Gasteiger partial charge in [0.2, 0.25) is 0 Å². The minimum atomic E-state index is -2.31. The second-order valence-electron chi connectivity index (χ2n) is 7.37. The predicted molar refractivity (Wildman–Crippen MR) is 90.0 cm³/mol. The molecule has 1 aromatic rings. The van der Waals surface area contributed by atoms with Crippen LogP contribution >= 0.6 is 0 Å². The molecule has 4 atom stereocenters. The molecular weight excluding hydrogens is 359 g/mol. The van der Waals surface area contributed by atoms with Gasteiger partial charge in [0.15, 0.2) is 0 Å². The Bertz CT molecular complexity index is 627. The van der Waals surface area contributed by atoms with Gasteiger partial charge >= 0.3 is 142 Å². The third kappa shape index (κ3) is 2.45. The fourth-order valence-electron chi connectivity index (χ4n) is 4.65. The van der Waals surface area contributed by atoms with Crippen molar-refractivity contribution < 1.29 is 18.4 Å². The minimum absolute atomic E-state index is 0.0539. The van der Waals surface area contributed by atoms with Crippen LogP contribution < -0.4 is 13.9 Å². The Morgan fingerprint density at radius 1 is 1.30 bits per heavy atom. The summed E-state index contributed by atoms with van der Waals surface area (Å²) in [5, 5.41) is 11.2. The first-order valence-electron chi connectivity index (χ1n) is 8.14. The number of hydrogen-bond acceptors (Lipinski definition) is 4. The molecule has 0 aliphatic heterocycles. The van der Waals surface area contributed by atoms with E-state index in [4.69, 9.17) is 9.47 Å². The molecule has 0 spiro atoms. The molecule has 1 unspecified atom stereocenters. The van der Waals surface area contributed by atoms with Gasteiger partial charge in [-0.05, 0) is 0 Å². The molecule has 4 nitrogen and oxygen atoms in total. The van der Waals surface area contributed by atoms with Crippen LogP contribution in [0.15, 0.2) is 18.2 Å². The fraction of sp³-hybridized carbons (Fsp3) is 0.667. The van der Waals surface area contributed by atoms with Crippen molar-refractivity contribution in [3.63, 3.8) is 0 Å². The fourth-order valence-corrected chi connectivity index (χ4v) is 8.68. The molecule has 1 aromatic carbocycles. The maximum atomic E-state index is 13.2. The van der Waals surface area contributed by atoms with Crippen LogP contribution in [-0.2, 0) is 3.83 Å². The van der Waals surface area contributed by atoms with Gasteiger partial charge in [-0.25, -0.2) is 0 Å². The normalized spacial score (nSPS) is 32.7. The molecular formula is C18H26O4Se. The number of methoxy groups -OCH3 is 2. The monoisotopic (exact) mass is 386 g/mol. The molecule has 2 aliphatic carbocycles. The molecule has 2 saturated carbocycles. The van der Waals surface area contributed by atoms with Crippen LogP contribution in [0, 0.1) is 16.7 Å². The average Bonchev–Trinajstić information content (AvgIpc) is 2.88. The summed E-state index contributed by atoms with van der Waals surface area (Å²) >= 11 is -2.31. The van der Waals surface area contributed by atoms with Crippen LogP contribution in [0.3, 0.4) is 0 Å². The molecule has 1 N–H and O–H groups in total. The van der Waals surface area contributed by atoms with Gasteiger partial charge in [0.25, 0.3) is 0 Å². The summed E-state index contributed by atoms with van der Waals surface area (Å²) in [5.74, 6) is 1.87. The van der Waals surface area contributed by atoms with Gasteiger partial charge in [-0.3, -0.25) is 0 Å². The number of benzene rings is 1. The van der Waals surface area contributed by atoms with E-state index in [0.717, 1.165) is 23.7 Å². The molecule has 0 aromatic heterocycles. The van der Waals surface area contributed by atoms with Crippen molar-refractivity contribution in [1.82, 2.24) is 0 Å². The van der Waals surface area contributed by atoms with E-state index in [0.29, 0.717) is 22.7 Å². The third-order valence-corrected chi connectivity index (χ3v) is 9.76. The Morgan fingerprint density at radius 3 is 2.57 bits per heavy atom. The van der Waals surface area contributed by atoms with Gasteiger partial charge in [0, 0.05) is 0 Å². The Morgan fingerprint density at radius 2 is 2.04 bits per heavy atom. The number of ether oxygens (including phenoxy) is 2. The number of aliphatic hydroxyl groups is 1. The van der Waals surface area contributed by atoms with Crippen LogP contribution in [0.2, 0.25) is 5.32 Å². The van der Waals surface area contributed by atoms with Gasteiger partial charge in [-0.2, -0.15) is 0 Å². The first-order valence-corrected chi connectivity index (χ1v) is 10.9. The standard InChI is InChI=1S/C18H26O4Se/c1-17(2)12-7-8-18(17,16(19)9-12)11-23(20)15-6-5-13(21-3)10-14(15)22-4/h5-6,10,12,16,19H,7-9,11H2,1-4H3/t12-,16-,18-,23?/m1/s1. The predicted octanol–water partition coefficient (Wildman–Crippen LogP) is 2.52. The zero-order valence-corrected chi connectivity index (χ0v) is 16.0. The Kier molecular flexibility index (Phi) is 4.32. The van der Waals surface area contributed by atoms with Crippen LogP contribution in [0.1, 0.15) is 33.1 Å². The quantitative estimate of drug-likeness (QED) is 0.792. The molecule has 2 aliphatic rings. The molecule has 2 bridgehead atoms. The van der Waals surface area contributed by atoms with Crippen molar-refractivity contribution in [2.75, 3.05) is 14.2 Å². The van der Waals surface area contributed by atoms with Crippen LogP contribution in [0.25, 0.3) is 0 Å². The molecule has 0 saturated heterocycles. The summed E-state index contributed by atoms with van der Waals surface area (Å²) in [6.45, 7) is 4.48. The van der Waals surface area contributed by atoms with Gasteiger partial charge in [-0.1, -0.05) is 0 Å². The first kappa shape index (κ1) is 16.9.